The second-order valence-corrected chi connectivity index (χ2v) is 5.11. The molecule has 1 aromatic carbocycles. The van der Waals surface area contributed by atoms with Gasteiger partial charge in [0.2, 0.25) is 0 Å². The van der Waals surface area contributed by atoms with Crippen LogP contribution in [0, 0.1) is 5.82 Å². The van der Waals surface area contributed by atoms with Gasteiger partial charge in [-0.3, -0.25) is 4.79 Å². The van der Waals surface area contributed by atoms with E-state index in [9.17, 15) is 18.8 Å². The number of hydrogen-bond acceptors (Lipinski definition) is 3. The number of hydrogen-bond donors (Lipinski definition) is 2. The second kappa shape index (κ2) is 6.58. The molecule has 0 saturated heterocycles. The van der Waals surface area contributed by atoms with Crippen molar-refractivity contribution in [1.29, 1.82) is 0 Å². The van der Waals surface area contributed by atoms with Crippen molar-refractivity contribution in [2.75, 3.05) is 5.75 Å². The summed E-state index contributed by atoms with van der Waals surface area (Å²) in [7, 11) is 0. The molecule has 1 aromatic rings. The topological polar surface area (TPSA) is 80.6 Å². The molecule has 17 heavy (non-hydrogen) atoms. The number of aliphatic hydroxyl groups is 1. The lowest BCUT2D eigenvalue weighted by Gasteiger charge is -2.12. The van der Waals surface area contributed by atoms with Crippen molar-refractivity contribution in [1.82, 2.24) is 0 Å². The first-order valence-electron chi connectivity index (χ1n) is 5.03. The van der Waals surface area contributed by atoms with E-state index in [2.05, 4.69) is 0 Å². The molecule has 0 bridgehead atoms. The average Bonchev–Trinajstić information content (AvgIpc) is 2.26. The van der Waals surface area contributed by atoms with Gasteiger partial charge in [0.15, 0.2) is 4.90 Å². The second-order valence-electron chi connectivity index (χ2n) is 3.54. The van der Waals surface area contributed by atoms with Gasteiger partial charge in [-0.1, -0.05) is 0 Å². The number of carbonyl (C=O) groups is 1. The summed E-state index contributed by atoms with van der Waals surface area (Å²) in [6.45, 7) is 0. The Labute approximate surface area is 101 Å². The Morgan fingerprint density at radius 3 is 2.53 bits per heavy atom. The monoisotopic (exact) mass is 260 g/mol. The van der Waals surface area contributed by atoms with E-state index >= 15 is 0 Å². The van der Waals surface area contributed by atoms with Gasteiger partial charge in [-0.25, -0.2) is 4.39 Å². The van der Waals surface area contributed by atoms with Gasteiger partial charge in [-0.05, 0) is 35.4 Å². The fourth-order valence-corrected chi connectivity index (χ4v) is 2.41. The highest BCUT2D eigenvalue weighted by molar-refractivity contribution is 7.91. The predicted octanol–water partition coefficient (Wildman–Crippen LogP) is 1.16. The van der Waals surface area contributed by atoms with E-state index < -0.39 is 29.1 Å². The number of carboxylic acid groups (broad SMARTS) is 1. The highest BCUT2D eigenvalue weighted by atomic mass is 32.2. The molecule has 0 fully saturated rings. The maximum atomic E-state index is 12.6. The molecule has 4 nitrogen and oxygen atoms in total. The molecular weight excluding hydrogens is 247 g/mol. The molecule has 0 heterocycles. The standard InChI is InChI=1S/C11H13FO4S/c12-8-1-3-10(4-2-8)17(16)6-5-9(13)7-11(14)15/h1-4,9,13H,5-7H2,(H,14,15). The Morgan fingerprint density at radius 1 is 1.41 bits per heavy atom. The largest absolute Gasteiger partial charge is 0.611 e. The third-order valence-electron chi connectivity index (χ3n) is 2.12. The van der Waals surface area contributed by atoms with Gasteiger partial charge in [0.25, 0.3) is 0 Å². The molecule has 94 valence electrons. The molecule has 0 saturated carbocycles. The number of aliphatic carboxylic acids is 1. The molecule has 0 aliphatic heterocycles. The normalized spacial score (nSPS) is 14.3. The molecule has 0 amide bonds. The van der Waals surface area contributed by atoms with Crippen molar-refractivity contribution in [3.05, 3.63) is 30.1 Å². The minimum Gasteiger partial charge on any atom is -0.611 e. The summed E-state index contributed by atoms with van der Waals surface area (Å²) in [6, 6.07) is 5.24. The minimum absolute atomic E-state index is 0.135. The summed E-state index contributed by atoms with van der Waals surface area (Å²) in [4.78, 5) is 10.8. The first kappa shape index (κ1) is 14.0. The molecule has 2 unspecified atom stereocenters. The van der Waals surface area contributed by atoms with Crippen molar-refractivity contribution in [3.63, 3.8) is 0 Å². The molecule has 2 N–H and O–H groups in total. The number of rotatable bonds is 6. The van der Waals surface area contributed by atoms with Crippen LogP contribution in [0.1, 0.15) is 12.8 Å². The first-order chi connectivity index (χ1) is 7.99. The summed E-state index contributed by atoms with van der Waals surface area (Å²) in [6.07, 6.45) is -1.23. The number of benzene rings is 1. The smallest absolute Gasteiger partial charge is 0.305 e. The Bertz CT molecular complexity index is 368. The van der Waals surface area contributed by atoms with Crippen LogP contribution in [0.25, 0.3) is 0 Å². The van der Waals surface area contributed by atoms with Gasteiger partial charge in [-0.2, -0.15) is 0 Å². The SMILES string of the molecule is O=C(O)CC(O)CC[S+]([O-])c1ccc(F)cc1. The molecule has 6 heteroatoms. The molecule has 0 aliphatic carbocycles. The lowest BCUT2D eigenvalue weighted by molar-refractivity contribution is -0.139. The van der Waals surface area contributed by atoms with Gasteiger partial charge >= 0.3 is 5.97 Å². The summed E-state index contributed by atoms with van der Waals surface area (Å²) < 4.78 is 24.3. The van der Waals surface area contributed by atoms with Gasteiger partial charge in [0.05, 0.1) is 12.5 Å². The minimum atomic E-state index is -1.35. The Hall–Kier alpha value is -1.11. The summed E-state index contributed by atoms with van der Waals surface area (Å²) in [5.41, 5.74) is 0. The fourth-order valence-electron chi connectivity index (χ4n) is 1.25. The first-order valence-corrected chi connectivity index (χ1v) is 6.34. The Kier molecular flexibility index (Phi) is 5.40. The highest BCUT2D eigenvalue weighted by Crippen LogP contribution is 2.14. The van der Waals surface area contributed by atoms with Crippen LogP contribution in [-0.2, 0) is 16.0 Å². The van der Waals surface area contributed by atoms with Crippen molar-refractivity contribution >= 4 is 17.1 Å². The van der Waals surface area contributed by atoms with Crippen LogP contribution in [0.2, 0.25) is 0 Å². The van der Waals surface area contributed by atoms with Crippen LogP contribution in [-0.4, -0.2) is 32.6 Å². The lowest BCUT2D eigenvalue weighted by Crippen LogP contribution is -2.18. The maximum absolute atomic E-state index is 12.6. The summed E-state index contributed by atoms with van der Waals surface area (Å²) in [5.74, 6) is -1.35. The van der Waals surface area contributed by atoms with Gasteiger partial charge in [0.1, 0.15) is 11.6 Å². The average molecular weight is 260 g/mol. The molecule has 0 spiro atoms. The van der Waals surface area contributed by atoms with Crippen LogP contribution in [0.4, 0.5) is 4.39 Å². The van der Waals surface area contributed by atoms with Crippen LogP contribution in [0.5, 0.6) is 0 Å². The van der Waals surface area contributed by atoms with Gasteiger partial charge in [0, 0.05) is 6.42 Å². The summed E-state index contributed by atoms with van der Waals surface area (Å²) in [5, 5.41) is 17.7. The van der Waals surface area contributed by atoms with Crippen molar-refractivity contribution in [2.24, 2.45) is 0 Å². The van der Waals surface area contributed by atoms with Crippen LogP contribution >= 0.6 is 0 Å². The van der Waals surface area contributed by atoms with Crippen LogP contribution in [0.15, 0.2) is 29.2 Å². The van der Waals surface area contributed by atoms with Gasteiger partial charge in [-0.15, -0.1) is 0 Å². The zero-order valence-corrected chi connectivity index (χ0v) is 9.82. The summed E-state index contributed by atoms with van der Waals surface area (Å²) >= 11 is -1.35. The third kappa shape index (κ3) is 5.16. The van der Waals surface area contributed by atoms with Crippen molar-refractivity contribution in [3.8, 4) is 0 Å². The van der Waals surface area contributed by atoms with E-state index in [1.165, 1.54) is 24.3 Å². The Balaban J connectivity index is 2.41. The van der Waals surface area contributed by atoms with Crippen LogP contribution < -0.4 is 0 Å². The van der Waals surface area contributed by atoms with E-state index in [1.807, 2.05) is 0 Å². The van der Waals surface area contributed by atoms with Crippen LogP contribution in [0.3, 0.4) is 0 Å². The fraction of sp³-hybridized carbons (Fsp3) is 0.364. The van der Waals surface area contributed by atoms with E-state index in [0.29, 0.717) is 4.90 Å². The molecule has 0 aliphatic rings. The van der Waals surface area contributed by atoms with E-state index in [4.69, 9.17) is 5.11 Å². The highest BCUT2D eigenvalue weighted by Gasteiger charge is 2.16. The Morgan fingerprint density at radius 2 is 2.00 bits per heavy atom. The molecule has 0 radical (unpaired) electrons. The van der Waals surface area contributed by atoms with E-state index in [-0.39, 0.29) is 18.6 Å². The zero-order chi connectivity index (χ0) is 12.8. The third-order valence-corrected chi connectivity index (χ3v) is 3.53. The quantitative estimate of drug-likeness (QED) is 0.752. The van der Waals surface area contributed by atoms with Crippen molar-refractivity contribution < 1.29 is 24.0 Å². The molecule has 0 aromatic heterocycles. The lowest BCUT2D eigenvalue weighted by atomic mass is 10.2. The molecule has 2 atom stereocenters. The van der Waals surface area contributed by atoms with Gasteiger partial charge < -0.3 is 14.8 Å². The number of carboxylic acids is 1. The maximum Gasteiger partial charge on any atom is 0.305 e. The molecule has 1 rings (SSSR count). The van der Waals surface area contributed by atoms with E-state index in [1.54, 1.807) is 0 Å². The van der Waals surface area contributed by atoms with Crippen molar-refractivity contribution in [2.45, 2.75) is 23.8 Å². The van der Waals surface area contributed by atoms with E-state index in [0.717, 1.165) is 0 Å². The molecular formula is C11H13FO4S. The predicted molar refractivity (Wildman–Crippen MR) is 60.6 cm³/mol. The number of halogens is 1. The zero-order valence-electron chi connectivity index (χ0n) is 9.01. The number of aliphatic hydroxyl groups excluding tert-OH is 1.